The average molecular weight is 805 g/mol. The molecule has 0 aliphatic carbocycles. The molecule has 0 fully saturated rings. The Balaban J connectivity index is 1.44. The van der Waals surface area contributed by atoms with Crippen LogP contribution in [0.25, 0.3) is 72.7 Å². The monoisotopic (exact) mass is 804 g/mol. The van der Waals surface area contributed by atoms with E-state index < -0.39 is 12.3 Å². The lowest BCUT2D eigenvalue weighted by Crippen LogP contribution is -2.17. The number of imidazole rings is 1. The molecule has 8 aromatic rings. The Hall–Kier alpha value is -6.26. The van der Waals surface area contributed by atoms with E-state index in [0.717, 1.165) is 66.8 Å². The molecule has 8 rings (SSSR count). The number of fused-ring (bicyclic) bond motifs is 1. The minimum Gasteiger partial charge on any atom is -0.507 e. The van der Waals surface area contributed by atoms with Crippen LogP contribution in [0.5, 0.6) is 5.75 Å². The van der Waals surface area contributed by atoms with Gasteiger partial charge in [0.15, 0.2) is 0 Å². The van der Waals surface area contributed by atoms with E-state index in [-0.39, 0.29) is 22.1 Å². The van der Waals surface area contributed by atoms with Crippen LogP contribution >= 0.6 is 0 Å². The lowest BCUT2D eigenvalue weighted by molar-refractivity contribution is 0.446. The van der Waals surface area contributed by atoms with E-state index in [9.17, 15) is 5.11 Å². The smallest absolute Gasteiger partial charge is 0.149 e. The zero-order valence-electron chi connectivity index (χ0n) is 40.5. The molecule has 4 heteroatoms. The van der Waals surface area contributed by atoms with Gasteiger partial charge in [-0.15, -0.1) is 0 Å². The number of aryl methyl sites for hydroxylation is 3. The van der Waals surface area contributed by atoms with Crippen LogP contribution in [0.2, 0.25) is 0 Å². The standard InChI is InChI=1S/C57H59N3O/c1-35-25-36(2)27-41(26-35)40-23-24-58-49(32-40)43-29-42(30-44(31-43)55(4,5)6)46-19-16-20-51-52(46)59-54(47-33-45(56(7,8)9)34-48(53(47)61)57(10,11)12)60(51)50-22-21-39(28-37(50)3)38-17-14-13-15-18-38/h13-34,61H,1-12H3/i3D3. The number of nitrogens with zero attached hydrogens (tertiary/aromatic N) is 3. The molecule has 0 unspecified atom stereocenters. The summed E-state index contributed by atoms with van der Waals surface area (Å²) in [5, 5.41) is 12.4. The molecule has 0 spiro atoms. The first-order valence-corrected chi connectivity index (χ1v) is 21.3. The molecule has 308 valence electrons. The van der Waals surface area contributed by atoms with Crippen molar-refractivity contribution in [2.45, 2.75) is 99.3 Å². The fourth-order valence-electron chi connectivity index (χ4n) is 8.38. The lowest BCUT2D eigenvalue weighted by Gasteiger charge is -2.27. The van der Waals surface area contributed by atoms with Gasteiger partial charge in [-0.25, -0.2) is 4.98 Å². The highest BCUT2D eigenvalue weighted by atomic mass is 16.3. The van der Waals surface area contributed by atoms with Gasteiger partial charge in [0, 0.05) is 27.0 Å². The van der Waals surface area contributed by atoms with Crippen LogP contribution in [0.4, 0.5) is 0 Å². The Morgan fingerprint density at radius 2 is 1.21 bits per heavy atom. The molecule has 4 nitrogen and oxygen atoms in total. The fourth-order valence-corrected chi connectivity index (χ4v) is 8.38. The topological polar surface area (TPSA) is 50.9 Å². The van der Waals surface area contributed by atoms with Crippen molar-refractivity contribution in [2.24, 2.45) is 0 Å². The number of aromatic nitrogens is 3. The first kappa shape index (κ1) is 37.7. The first-order chi connectivity index (χ1) is 30.0. The van der Waals surface area contributed by atoms with Crippen molar-refractivity contribution in [1.29, 1.82) is 0 Å². The molecule has 0 saturated heterocycles. The largest absolute Gasteiger partial charge is 0.507 e. The number of phenolic OH excluding ortho intramolecular Hbond substituents is 1. The third kappa shape index (κ3) is 8.16. The number of hydrogen-bond acceptors (Lipinski definition) is 3. The van der Waals surface area contributed by atoms with Crippen molar-refractivity contribution in [1.82, 2.24) is 14.5 Å². The molecule has 2 aromatic heterocycles. The predicted molar refractivity (Wildman–Crippen MR) is 258 cm³/mol. The van der Waals surface area contributed by atoms with Gasteiger partial charge >= 0.3 is 0 Å². The Morgan fingerprint density at radius 1 is 0.541 bits per heavy atom. The highest BCUT2D eigenvalue weighted by Gasteiger charge is 2.29. The summed E-state index contributed by atoms with van der Waals surface area (Å²) in [6.07, 6.45) is 1.88. The second-order valence-corrected chi connectivity index (χ2v) is 19.8. The summed E-state index contributed by atoms with van der Waals surface area (Å²) in [5.41, 5.74) is 14.8. The summed E-state index contributed by atoms with van der Waals surface area (Å²) in [6.45, 7) is 21.2. The van der Waals surface area contributed by atoms with E-state index in [1.807, 2.05) is 71.4 Å². The summed E-state index contributed by atoms with van der Waals surface area (Å²) >= 11 is 0. The molecule has 6 aromatic carbocycles. The van der Waals surface area contributed by atoms with E-state index in [2.05, 4.69) is 137 Å². The summed E-state index contributed by atoms with van der Waals surface area (Å²) in [5.74, 6) is 0.589. The quantitative estimate of drug-likeness (QED) is 0.182. The summed E-state index contributed by atoms with van der Waals surface area (Å²) < 4.78 is 28.7. The molecule has 0 saturated carbocycles. The number of para-hydroxylation sites is 1. The number of rotatable bonds is 6. The van der Waals surface area contributed by atoms with Gasteiger partial charge in [-0.2, -0.15) is 0 Å². The fraction of sp³-hybridized carbons (Fsp3) is 0.263. The number of aromatic hydroxyl groups is 1. The Bertz CT molecular complexity index is 3040. The van der Waals surface area contributed by atoms with Crippen molar-refractivity contribution < 1.29 is 9.22 Å². The van der Waals surface area contributed by atoms with Crippen molar-refractivity contribution in [3.63, 3.8) is 0 Å². The third-order valence-corrected chi connectivity index (χ3v) is 11.8. The van der Waals surface area contributed by atoms with Gasteiger partial charge in [-0.3, -0.25) is 9.55 Å². The first-order valence-electron chi connectivity index (χ1n) is 22.8. The van der Waals surface area contributed by atoms with Gasteiger partial charge in [0.2, 0.25) is 0 Å². The molecule has 0 amide bonds. The average Bonchev–Trinajstić information content (AvgIpc) is 3.61. The lowest BCUT2D eigenvalue weighted by atomic mass is 9.79. The summed E-state index contributed by atoms with van der Waals surface area (Å²) in [7, 11) is 0. The SMILES string of the molecule is [2H]C([2H])([2H])c1cc(-c2ccccc2)ccc1-n1c(-c2cc(C(C)(C)C)cc(C(C)(C)C)c2O)nc2c(-c3cc(-c4cc(-c5cc(C)cc(C)c5)ccn4)cc(C(C)(C)C)c3)cccc21. The van der Waals surface area contributed by atoms with Gasteiger partial charge in [0.25, 0.3) is 0 Å². The number of hydrogen-bond donors (Lipinski definition) is 1. The molecule has 0 aliphatic rings. The van der Waals surface area contributed by atoms with Crippen LogP contribution in [0, 0.1) is 20.7 Å². The highest BCUT2D eigenvalue weighted by molar-refractivity contribution is 5.97. The van der Waals surface area contributed by atoms with E-state index >= 15 is 0 Å². The second-order valence-electron chi connectivity index (χ2n) is 19.8. The maximum atomic E-state index is 12.4. The molecule has 0 atom stereocenters. The van der Waals surface area contributed by atoms with Gasteiger partial charge < -0.3 is 5.11 Å². The summed E-state index contributed by atoms with van der Waals surface area (Å²) in [4.78, 5) is 10.4. The van der Waals surface area contributed by atoms with Crippen molar-refractivity contribution >= 4 is 11.0 Å². The van der Waals surface area contributed by atoms with Crippen LogP contribution in [-0.2, 0) is 16.2 Å². The minimum absolute atomic E-state index is 0.127. The normalized spacial score (nSPS) is 13.3. The van der Waals surface area contributed by atoms with Gasteiger partial charge in [0.1, 0.15) is 11.6 Å². The highest BCUT2D eigenvalue weighted by Crippen LogP contribution is 2.45. The molecular formula is C57H59N3O. The molecule has 61 heavy (non-hydrogen) atoms. The molecule has 0 radical (unpaired) electrons. The second kappa shape index (κ2) is 15.3. The minimum atomic E-state index is -2.48. The maximum absolute atomic E-state index is 12.4. The van der Waals surface area contributed by atoms with Crippen LogP contribution in [0.3, 0.4) is 0 Å². The van der Waals surface area contributed by atoms with Gasteiger partial charge in [-0.1, -0.05) is 152 Å². The number of pyridine rings is 1. The van der Waals surface area contributed by atoms with Crippen molar-refractivity contribution in [2.75, 3.05) is 0 Å². The maximum Gasteiger partial charge on any atom is 0.149 e. The zero-order chi connectivity index (χ0) is 46.1. The van der Waals surface area contributed by atoms with Crippen molar-refractivity contribution in [3.8, 4) is 67.5 Å². The summed E-state index contributed by atoms with van der Waals surface area (Å²) in [6, 6.07) is 43.2. The number of phenols is 1. The molecule has 1 N–H and O–H groups in total. The van der Waals surface area contributed by atoms with Crippen molar-refractivity contribution in [3.05, 3.63) is 167 Å². The van der Waals surface area contributed by atoms with E-state index in [1.165, 1.54) is 11.1 Å². The van der Waals surface area contributed by atoms with Crippen LogP contribution < -0.4 is 0 Å². The van der Waals surface area contributed by atoms with E-state index in [4.69, 9.17) is 14.1 Å². The Kier molecular flexibility index (Phi) is 9.48. The molecular weight excluding hydrogens is 743 g/mol. The Morgan fingerprint density at radius 3 is 1.89 bits per heavy atom. The predicted octanol–water partition coefficient (Wildman–Crippen LogP) is 15.3. The Labute approximate surface area is 367 Å². The zero-order valence-corrected chi connectivity index (χ0v) is 37.5. The molecule has 0 aliphatic heterocycles. The van der Waals surface area contributed by atoms with Crippen LogP contribution in [-0.4, -0.2) is 19.6 Å². The third-order valence-electron chi connectivity index (χ3n) is 11.8. The van der Waals surface area contributed by atoms with E-state index in [1.54, 1.807) is 6.07 Å². The van der Waals surface area contributed by atoms with E-state index in [0.29, 0.717) is 22.6 Å². The van der Waals surface area contributed by atoms with Gasteiger partial charge in [-0.05, 0) is 130 Å². The van der Waals surface area contributed by atoms with Crippen LogP contribution in [0.1, 0.15) is 99.8 Å². The van der Waals surface area contributed by atoms with Crippen LogP contribution in [0.15, 0.2) is 134 Å². The molecule has 0 bridgehead atoms. The van der Waals surface area contributed by atoms with Gasteiger partial charge in [0.05, 0.1) is 28.0 Å². The molecule has 2 heterocycles. The number of benzene rings is 6.